The van der Waals surface area contributed by atoms with E-state index < -0.39 is 44.9 Å². The number of carbonyl (C=O) groups excluding carboxylic acids is 2. The van der Waals surface area contributed by atoms with Crippen LogP contribution in [0.2, 0.25) is 0 Å². The van der Waals surface area contributed by atoms with Crippen LogP contribution < -0.4 is 11.4 Å². The summed E-state index contributed by atoms with van der Waals surface area (Å²) in [6, 6.07) is 18.2. The first-order chi connectivity index (χ1) is 19.6. The molecule has 0 unspecified atom stereocenters. The molecular weight excluding hydrogens is 635 g/mol. The molecule has 9 nitrogen and oxygen atoms in total. The molecule has 208 valence electrons. The molecule has 0 spiro atoms. The van der Waals surface area contributed by atoms with E-state index in [1.165, 1.54) is 15.4 Å². The predicted molar refractivity (Wildman–Crippen MR) is 157 cm³/mol. The van der Waals surface area contributed by atoms with E-state index >= 15 is 0 Å². The molecule has 0 radical (unpaired) electrons. The smallest absolute Gasteiger partial charge is 0.352 e. The van der Waals surface area contributed by atoms with E-state index in [0.717, 1.165) is 14.9 Å². The Morgan fingerprint density at radius 1 is 0.902 bits per heavy atom. The summed E-state index contributed by atoms with van der Waals surface area (Å²) < 4.78 is 3.67. The van der Waals surface area contributed by atoms with Gasteiger partial charge in [-0.1, -0.05) is 70.5 Å². The number of hydrogen-bond acceptors (Lipinski definition) is 5. The Morgan fingerprint density at radius 2 is 1.61 bits per heavy atom. The van der Waals surface area contributed by atoms with E-state index in [1.807, 2.05) is 12.1 Å². The monoisotopic (exact) mass is 654 g/mol. The van der Waals surface area contributed by atoms with Crippen LogP contribution in [0.4, 0.5) is 0 Å². The summed E-state index contributed by atoms with van der Waals surface area (Å²) >= 11 is 17.8. The van der Waals surface area contributed by atoms with Crippen LogP contribution in [0, 0.1) is 0 Å². The van der Waals surface area contributed by atoms with Crippen LogP contribution in [-0.4, -0.2) is 51.0 Å². The van der Waals surface area contributed by atoms with E-state index in [1.54, 1.807) is 54.6 Å². The zero-order valence-electron chi connectivity index (χ0n) is 21.2. The maximum absolute atomic E-state index is 14.0. The van der Waals surface area contributed by atoms with E-state index in [2.05, 4.69) is 15.9 Å². The van der Waals surface area contributed by atoms with Gasteiger partial charge in [0.1, 0.15) is 5.75 Å². The molecule has 4 atom stereocenters. The summed E-state index contributed by atoms with van der Waals surface area (Å²) in [4.78, 5) is 52.2. The Kier molecular flexibility index (Phi) is 5.74. The second-order valence-electron chi connectivity index (χ2n) is 10.4. The van der Waals surface area contributed by atoms with Gasteiger partial charge in [-0.2, -0.15) is 0 Å². The molecule has 2 amide bonds. The summed E-state index contributed by atoms with van der Waals surface area (Å²) in [7, 11) is 0. The first kappa shape index (κ1) is 26.3. The van der Waals surface area contributed by atoms with Crippen LogP contribution in [0.3, 0.4) is 0 Å². The summed E-state index contributed by atoms with van der Waals surface area (Å²) in [5.74, 6) is -2.66. The molecule has 41 heavy (non-hydrogen) atoms. The van der Waals surface area contributed by atoms with Gasteiger partial charge in [-0.05, 0) is 34.5 Å². The van der Waals surface area contributed by atoms with Gasteiger partial charge in [-0.15, -0.1) is 23.2 Å². The third-order valence-corrected chi connectivity index (χ3v) is 10.4. The van der Waals surface area contributed by atoms with Crippen molar-refractivity contribution in [1.29, 1.82) is 0 Å². The van der Waals surface area contributed by atoms with Crippen LogP contribution >= 0.6 is 39.1 Å². The third-order valence-electron chi connectivity index (χ3n) is 8.53. The van der Waals surface area contributed by atoms with Gasteiger partial charge in [-0.25, -0.2) is 23.5 Å². The zero-order chi connectivity index (χ0) is 28.8. The number of halogens is 3. The van der Waals surface area contributed by atoms with Crippen molar-refractivity contribution in [1.82, 2.24) is 18.8 Å². The summed E-state index contributed by atoms with van der Waals surface area (Å²) in [5, 5.41) is 12.7. The number of phenolic OH excluding ortho intramolecular Hbond substituents is 1. The Bertz CT molecular complexity index is 1950. The molecule has 1 aromatic heterocycles. The number of alkyl halides is 3. The molecule has 4 aromatic rings. The lowest BCUT2D eigenvalue weighted by atomic mass is 9.63. The quantitative estimate of drug-likeness (QED) is 0.155. The molecule has 1 saturated heterocycles. The minimum Gasteiger partial charge on any atom is -0.508 e. The van der Waals surface area contributed by atoms with Gasteiger partial charge in [0.05, 0.1) is 23.7 Å². The van der Waals surface area contributed by atoms with Crippen molar-refractivity contribution in [3.05, 3.63) is 105 Å². The molecule has 1 saturated carbocycles. The summed E-state index contributed by atoms with van der Waals surface area (Å²) in [5.41, 5.74) is -0.0729. The maximum Gasteiger partial charge on any atom is 0.352 e. The lowest BCUT2D eigenvalue weighted by Gasteiger charge is -2.49. The molecule has 7 rings (SSSR count). The van der Waals surface area contributed by atoms with Gasteiger partial charge >= 0.3 is 11.4 Å². The van der Waals surface area contributed by atoms with E-state index in [0.29, 0.717) is 22.2 Å². The third kappa shape index (κ3) is 3.23. The first-order valence-corrected chi connectivity index (χ1v) is 14.7. The largest absolute Gasteiger partial charge is 0.508 e. The number of amides is 2. The number of rotatable bonds is 3. The number of aromatic nitrogens is 3. The number of carbonyl (C=O) groups is 2. The second kappa shape index (κ2) is 8.95. The van der Waals surface area contributed by atoms with Crippen molar-refractivity contribution < 1.29 is 14.7 Å². The van der Waals surface area contributed by atoms with Crippen LogP contribution in [0.1, 0.15) is 23.9 Å². The number of likely N-dealkylation sites (tertiary alicyclic amines) is 1. The second-order valence-corrected chi connectivity index (χ2v) is 12.2. The Labute approximate surface area is 250 Å². The summed E-state index contributed by atoms with van der Waals surface area (Å²) in [6.45, 7) is 0.00825. The van der Waals surface area contributed by atoms with Gasteiger partial charge < -0.3 is 5.11 Å². The highest BCUT2D eigenvalue weighted by Crippen LogP contribution is 2.64. The Morgan fingerprint density at radius 3 is 2.34 bits per heavy atom. The molecule has 0 bridgehead atoms. The van der Waals surface area contributed by atoms with E-state index in [4.69, 9.17) is 23.2 Å². The molecule has 1 N–H and O–H groups in total. The van der Waals surface area contributed by atoms with Gasteiger partial charge in [0.25, 0.3) is 11.8 Å². The standard InChI is InChI=1S/C29H21BrCl2N4O5/c30-15-33-24(38)28(31)14-20-19(12-13-34-26(40)35(27(41)36(20)34)17-7-2-1-3-8-17)23(29(28,32)25(33)39)22-18-9-5-4-6-16(18)10-11-21(22)37/h1-12,20,23,37H,13-15H2/t20-,23-,28-,29+/m1/s1. The molecule has 3 aromatic carbocycles. The fourth-order valence-corrected chi connectivity index (χ4v) is 8.11. The average Bonchev–Trinajstić information content (AvgIpc) is 3.31. The Balaban J connectivity index is 1.54. The highest BCUT2D eigenvalue weighted by Gasteiger charge is 2.75. The van der Waals surface area contributed by atoms with Crippen LogP contribution in [0.5, 0.6) is 5.75 Å². The number of imide groups is 1. The number of nitrogens with zero attached hydrogens (tertiary/aromatic N) is 4. The fourth-order valence-electron chi connectivity index (χ4n) is 6.72. The van der Waals surface area contributed by atoms with E-state index in [-0.39, 0.29) is 24.2 Å². The maximum atomic E-state index is 14.0. The number of phenols is 1. The molecule has 2 aliphatic heterocycles. The highest BCUT2D eigenvalue weighted by atomic mass is 79.9. The van der Waals surface area contributed by atoms with Gasteiger partial charge in [-0.3, -0.25) is 14.5 Å². The minimum atomic E-state index is -2.03. The van der Waals surface area contributed by atoms with Crippen molar-refractivity contribution in [2.45, 2.75) is 34.7 Å². The van der Waals surface area contributed by atoms with Crippen LogP contribution in [0.25, 0.3) is 16.5 Å². The fraction of sp³-hybridized carbons (Fsp3) is 0.241. The van der Waals surface area contributed by atoms with Gasteiger partial charge in [0.15, 0.2) is 9.75 Å². The number of fused-ring (bicyclic) bond motifs is 5. The number of benzene rings is 3. The Hall–Kier alpha value is -3.60. The average molecular weight is 656 g/mol. The van der Waals surface area contributed by atoms with Crippen LogP contribution in [0.15, 0.2) is 88.0 Å². The lowest BCUT2D eigenvalue weighted by Crippen LogP contribution is -2.59. The predicted octanol–water partition coefficient (Wildman–Crippen LogP) is 4.00. The SMILES string of the molecule is O=C1N(CBr)C(=O)[C@@]2(Cl)[C@@H](c3c(O)ccc4ccccc34)C3=CCn4c(=O)n(-c5ccccc5)c(=O)n4[C@@H]3C[C@@]12Cl. The number of hydrogen-bond donors (Lipinski definition) is 1. The van der Waals surface area contributed by atoms with E-state index in [9.17, 15) is 24.3 Å². The molecular formula is C29H21BrCl2N4O5. The van der Waals surface area contributed by atoms with Crippen molar-refractivity contribution in [3.63, 3.8) is 0 Å². The molecule has 2 fully saturated rings. The van der Waals surface area contributed by atoms with Gasteiger partial charge in [0.2, 0.25) is 0 Å². The lowest BCUT2D eigenvalue weighted by molar-refractivity contribution is -0.138. The van der Waals surface area contributed by atoms with Crippen molar-refractivity contribution in [2.75, 3.05) is 5.45 Å². The van der Waals surface area contributed by atoms with Crippen LogP contribution in [-0.2, 0) is 16.1 Å². The highest BCUT2D eigenvalue weighted by molar-refractivity contribution is 9.09. The number of allylic oxidation sites excluding steroid dienone is 2. The van der Waals surface area contributed by atoms with Crippen molar-refractivity contribution in [2.24, 2.45) is 0 Å². The first-order valence-electron chi connectivity index (χ1n) is 12.9. The molecule has 3 aliphatic rings. The molecule has 3 heterocycles. The molecule has 12 heteroatoms. The normalized spacial score (nSPS) is 27.0. The zero-order valence-corrected chi connectivity index (χ0v) is 24.3. The topological polar surface area (TPSA) is 107 Å². The van der Waals surface area contributed by atoms with Gasteiger partial charge in [0, 0.05) is 17.9 Å². The number of para-hydroxylation sites is 1. The van der Waals surface area contributed by atoms with Crippen molar-refractivity contribution in [3.8, 4) is 11.4 Å². The molecule has 1 aliphatic carbocycles. The minimum absolute atomic E-state index is 0.00825. The number of aromatic hydroxyl groups is 1. The van der Waals surface area contributed by atoms with Crippen molar-refractivity contribution >= 4 is 61.7 Å². The summed E-state index contributed by atoms with van der Waals surface area (Å²) in [6.07, 6.45) is 1.53.